The fourth-order valence-corrected chi connectivity index (χ4v) is 2.52. The highest BCUT2D eigenvalue weighted by atomic mass is 19.1. The lowest BCUT2D eigenvalue weighted by Crippen LogP contribution is -2.35. The first-order valence-corrected chi connectivity index (χ1v) is 7.01. The monoisotopic (exact) mass is 302 g/mol. The topological polar surface area (TPSA) is 72.1 Å². The SMILES string of the molecule is CC(C)[C@@H](c1ccc(F)cc1)N(C)C(=O)c1nccnc1N. The van der Waals surface area contributed by atoms with E-state index in [4.69, 9.17) is 5.73 Å². The number of nitrogen functional groups attached to an aromatic ring is 1. The van der Waals surface area contributed by atoms with Crippen molar-refractivity contribution < 1.29 is 9.18 Å². The Morgan fingerprint density at radius 1 is 1.18 bits per heavy atom. The largest absolute Gasteiger partial charge is 0.382 e. The van der Waals surface area contributed by atoms with Gasteiger partial charge in [-0.15, -0.1) is 0 Å². The molecule has 1 amide bonds. The molecule has 0 fully saturated rings. The van der Waals surface area contributed by atoms with Crippen LogP contribution in [-0.2, 0) is 0 Å². The maximum atomic E-state index is 13.1. The molecule has 22 heavy (non-hydrogen) atoms. The Kier molecular flexibility index (Phi) is 4.70. The first-order valence-electron chi connectivity index (χ1n) is 7.01. The Balaban J connectivity index is 2.34. The summed E-state index contributed by atoms with van der Waals surface area (Å²) in [5.41, 5.74) is 6.70. The van der Waals surface area contributed by atoms with E-state index >= 15 is 0 Å². The van der Waals surface area contributed by atoms with Crippen molar-refractivity contribution in [1.29, 1.82) is 0 Å². The summed E-state index contributed by atoms with van der Waals surface area (Å²) in [6.07, 6.45) is 2.87. The molecule has 1 atom stereocenters. The summed E-state index contributed by atoms with van der Waals surface area (Å²) >= 11 is 0. The lowest BCUT2D eigenvalue weighted by Gasteiger charge is -2.31. The molecule has 0 radical (unpaired) electrons. The van der Waals surface area contributed by atoms with Crippen molar-refractivity contribution in [1.82, 2.24) is 14.9 Å². The molecule has 2 rings (SSSR count). The highest BCUT2D eigenvalue weighted by molar-refractivity contribution is 5.96. The van der Waals surface area contributed by atoms with Gasteiger partial charge in [-0.2, -0.15) is 0 Å². The molecular weight excluding hydrogens is 283 g/mol. The van der Waals surface area contributed by atoms with Gasteiger partial charge in [0, 0.05) is 19.4 Å². The molecule has 1 aromatic carbocycles. The summed E-state index contributed by atoms with van der Waals surface area (Å²) in [6, 6.07) is 5.93. The van der Waals surface area contributed by atoms with Crippen LogP contribution in [0, 0.1) is 11.7 Å². The second-order valence-corrected chi connectivity index (χ2v) is 5.45. The fraction of sp³-hybridized carbons (Fsp3) is 0.312. The van der Waals surface area contributed by atoms with Gasteiger partial charge in [0.15, 0.2) is 11.5 Å². The number of anilines is 1. The molecule has 5 nitrogen and oxygen atoms in total. The molecule has 0 bridgehead atoms. The van der Waals surface area contributed by atoms with E-state index in [1.807, 2.05) is 13.8 Å². The molecular formula is C16H19FN4O. The Morgan fingerprint density at radius 2 is 1.77 bits per heavy atom. The molecule has 2 N–H and O–H groups in total. The minimum Gasteiger partial charge on any atom is -0.382 e. The third kappa shape index (κ3) is 3.21. The number of amides is 1. The molecule has 0 aliphatic heterocycles. The summed E-state index contributed by atoms with van der Waals surface area (Å²) in [7, 11) is 1.68. The zero-order chi connectivity index (χ0) is 16.3. The maximum Gasteiger partial charge on any atom is 0.276 e. The van der Waals surface area contributed by atoms with Crippen LogP contribution in [0.1, 0.15) is 35.9 Å². The number of nitrogens with zero attached hydrogens (tertiary/aromatic N) is 3. The summed E-state index contributed by atoms with van der Waals surface area (Å²) in [5, 5.41) is 0. The van der Waals surface area contributed by atoms with Gasteiger partial charge < -0.3 is 10.6 Å². The Bertz CT molecular complexity index is 657. The fourth-order valence-electron chi connectivity index (χ4n) is 2.52. The summed E-state index contributed by atoms with van der Waals surface area (Å²) in [4.78, 5) is 22.1. The van der Waals surface area contributed by atoms with Crippen molar-refractivity contribution in [2.45, 2.75) is 19.9 Å². The Hall–Kier alpha value is -2.50. The average Bonchev–Trinajstić information content (AvgIpc) is 2.49. The van der Waals surface area contributed by atoms with E-state index < -0.39 is 0 Å². The minimum atomic E-state index is -0.311. The van der Waals surface area contributed by atoms with Crippen LogP contribution in [0.15, 0.2) is 36.7 Å². The molecule has 0 saturated heterocycles. The van der Waals surface area contributed by atoms with E-state index in [1.54, 1.807) is 24.1 Å². The van der Waals surface area contributed by atoms with Crippen LogP contribution in [0.25, 0.3) is 0 Å². The molecule has 116 valence electrons. The molecule has 2 aromatic rings. The van der Waals surface area contributed by atoms with Crippen LogP contribution in [-0.4, -0.2) is 27.8 Å². The quantitative estimate of drug-likeness (QED) is 0.942. The normalized spacial score (nSPS) is 12.2. The number of carbonyl (C=O) groups is 1. The van der Waals surface area contributed by atoms with Crippen molar-refractivity contribution in [3.05, 3.63) is 53.7 Å². The third-order valence-corrected chi connectivity index (χ3v) is 3.51. The van der Waals surface area contributed by atoms with Crippen LogP contribution in [0.3, 0.4) is 0 Å². The number of halogens is 1. The second-order valence-electron chi connectivity index (χ2n) is 5.45. The number of hydrogen-bond donors (Lipinski definition) is 1. The van der Waals surface area contributed by atoms with Crippen LogP contribution < -0.4 is 5.73 Å². The van der Waals surface area contributed by atoms with Gasteiger partial charge in [-0.3, -0.25) is 4.79 Å². The summed E-state index contributed by atoms with van der Waals surface area (Å²) in [5.74, 6) is -0.384. The number of nitrogens with two attached hydrogens (primary N) is 1. The molecule has 0 aliphatic carbocycles. The van der Waals surface area contributed by atoms with Gasteiger partial charge in [-0.05, 0) is 23.6 Å². The van der Waals surface area contributed by atoms with Crippen LogP contribution in [0.5, 0.6) is 0 Å². The van der Waals surface area contributed by atoms with E-state index in [-0.39, 0.29) is 35.2 Å². The molecule has 0 unspecified atom stereocenters. The average molecular weight is 302 g/mol. The van der Waals surface area contributed by atoms with Crippen molar-refractivity contribution in [2.75, 3.05) is 12.8 Å². The number of carbonyl (C=O) groups excluding carboxylic acids is 1. The molecule has 0 saturated carbocycles. The van der Waals surface area contributed by atoms with E-state index in [2.05, 4.69) is 9.97 Å². The molecule has 0 aliphatic rings. The maximum absolute atomic E-state index is 13.1. The first-order chi connectivity index (χ1) is 10.4. The van der Waals surface area contributed by atoms with Gasteiger partial charge in [-0.1, -0.05) is 26.0 Å². The first kappa shape index (κ1) is 15.9. The molecule has 1 heterocycles. The van der Waals surface area contributed by atoms with Crippen molar-refractivity contribution in [3.8, 4) is 0 Å². The van der Waals surface area contributed by atoms with Gasteiger partial charge in [0.25, 0.3) is 5.91 Å². The van der Waals surface area contributed by atoms with Gasteiger partial charge >= 0.3 is 0 Å². The minimum absolute atomic E-state index is 0.0981. The smallest absolute Gasteiger partial charge is 0.276 e. The predicted molar refractivity (Wildman–Crippen MR) is 82.5 cm³/mol. The van der Waals surface area contributed by atoms with Gasteiger partial charge in [-0.25, -0.2) is 14.4 Å². The zero-order valence-corrected chi connectivity index (χ0v) is 12.8. The van der Waals surface area contributed by atoms with Crippen molar-refractivity contribution >= 4 is 11.7 Å². The van der Waals surface area contributed by atoms with E-state index in [0.29, 0.717) is 0 Å². The predicted octanol–water partition coefficient (Wildman–Crippen LogP) is 2.67. The molecule has 1 aromatic heterocycles. The second kappa shape index (κ2) is 6.51. The van der Waals surface area contributed by atoms with Crippen molar-refractivity contribution in [3.63, 3.8) is 0 Å². The number of rotatable bonds is 4. The van der Waals surface area contributed by atoms with Gasteiger partial charge in [0.05, 0.1) is 6.04 Å². The number of aromatic nitrogens is 2. The Morgan fingerprint density at radius 3 is 2.32 bits per heavy atom. The summed E-state index contributed by atoms with van der Waals surface area (Å²) < 4.78 is 13.1. The molecule has 6 heteroatoms. The van der Waals surface area contributed by atoms with E-state index in [0.717, 1.165) is 5.56 Å². The number of benzene rings is 1. The van der Waals surface area contributed by atoms with Crippen LogP contribution in [0.2, 0.25) is 0 Å². The van der Waals surface area contributed by atoms with Gasteiger partial charge in [0.2, 0.25) is 0 Å². The molecule has 0 spiro atoms. The number of hydrogen-bond acceptors (Lipinski definition) is 4. The Labute approximate surface area is 129 Å². The lowest BCUT2D eigenvalue weighted by molar-refractivity contribution is 0.0682. The van der Waals surface area contributed by atoms with Gasteiger partial charge in [0.1, 0.15) is 5.82 Å². The highest BCUT2D eigenvalue weighted by Crippen LogP contribution is 2.29. The highest BCUT2D eigenvalue weighted by Gasteiger charge is 2.27. The lowest BCUT2D eigenvalue weighted by atomic mass is 9.94. The summed E-state index contributed by atoms with van der Waals surface area (Å²) in [6.45, 7) is 4.00. The van der Waals surface area contributed by atoms with E-state index in [9.17, 15) is 9.18 Å². The van der Waals surface area contributed by atoms with Crippen LogP contribution >= 0.6 is 0 Å². The third-order valence-electron chi connectivity index (χ3n) is 3.51. The van der Waals surface area contributed by atoms with Crippen molar-refractivity contribution in [2.24, 2.45) is 5.92 Å². The van der Waals surface area contributed by atoms with Crippen LogP contribution in [0.4, 0.5) is 10.2 Å². The standard InChI is InChI=1S/C16H19FN4O/c1-10(2)14(11-4-6-12(17)7-5-11)21(3)16(22)13-15(18)20-9-8-19-13/h4-10,14H,1-3H3,(H2,18,20)/t14-/m0/s1. The zero-order valence-electron chi connectivity index (χ0n) is 12.8. The van der Waals surface area contributed by atoms with E-state index in [1.165, 1.54) is 24.5 Å².